The van der Waals surface area contributed by atoms with Crippen LogP contribution in [-0.4, -0.2) is 29.4 Å². The number of aromatic nitrogens is 2. The summed E-state index contributed by atoms with van der Waals surface area (Å²) in [4.78, 5) is 20.0. The monoisotopic (exact) mass is 528 g/mol. The second kappa shape index (κ2) is 11.1. The summed E-state index contributed by atoms with van der Waals surface area (Å²) in [6, 6.07) is 20.8. The van der Waals surface area contributed by atoms with Crippen molar-refractivity contribution in [2.24, 2.45) is 0 Å². The van der Waals surface area contributed by atoms with Gasteiger partial charge in [-0.3, -0.25) is 0 Å². The highest BCUT2D eigenvalue weighted by atomic mass is 28.4. The average molecular weight is 529 g/mol. The molecule has 0 saturated heterocycles. The van der Waals surface area contributed by atoms with Crippen LogP contribution in [0.25, 0.3) is 22.5 Å². The van der Waals surface area contributed by atoms with Gasteiger partial charge in [-0.05, 0) is 66.2 Å². The molecule has 2 heterocycles. The lowest BCUT2D eigenvalue weighted by atomic mass is 10.0. The van der Waals surface area contributed by atoms with E-state index in [9.17, 15) is 9.90 Å². The number of aryl methyl sites for hydroxylation is 2. The molecule has 0 amide bonds. The number of benzene rings is 2. The Bertz CT molecular complexity index is 1390. The molecule has 0 aliphatic rings. The van der Waals surface area contributed by atoms with Crippen LogP contribution in [0.4, 0.5) is 0 Å². The van der Waals surface area contributed by atoms with Crippen molar-refractivity contribution in [2.75, 3.05) is 0 Å². The molecule has 0 aliphatic heterocycles. The fraction of sp³-hybridized carbons (Fsp3) is 0.323. The lowest BCUT2D eigenvalue weighted by molar-refractivity contribution is 0.0689. The summed E-state index contributed by atoms with van der Waals surface area (Å²) in [5.41, 5.74) is 4.91. The number of aromatic carboxylic acids is 1. The second-order valence-corrected chi connectivity index (χ2v) is 16.0. The molecule has 38 heavy (non-hydrogen) atoms. The Labute approximate surface area is 225 Å². The fourth-order valence-electron chi connectivity index (χ4n) is 4.06. The van der Waals surface area contributed by atoms with E-state index in [0.717, 1.165) is 12.8 Å². The Hall–Kier alpha value is -3.55. The highest BCUT2D eigenvalue weighted by molar-refractivity contribution is 6.74. The zero-order chi connectivity index (χ0) is 27.5. The Morgan fingerprint density at radius 2 is 1.63 bits per heavy atom. The molecule has 0 saturated carbocycles. The van der Waals surface area contributed by atoms with E-state index in [-0.39, 0.29) is 16.8 Å². The third-order valence-corrected chi connectivity index (χ3v) is 11.8. The standard InChI is InChI=1S/C31H36N2O4Si/c1-21-18-25(19-32-28(21)30(34)35)27-20-33-29(36-27)26(37-38(5,6)31(2,3)4)17-14-22-12-15-24(16-13-22)23-10-8-7-9-11-23/h7-13,15-16,18-20,26H,14,17H2,1-6H3,(H,34,35). The molecule has 0 aliphatic carbocycles. The maximum Gasteiger partial charge on any atom is 0.354 e. The minimum Gasteiger partial charge on any atom is -0.477 e. The molecular formula is C31H36N2O4Si. The van der Waals surface area contributed by atoms with Gasteiger partial charge in [0.1, 0.15) is 6.10 Å². The molecule has 7 heteroatoms. The predicted octanol–water partition coefficient (Wildman–Crippen LogP) is 8.11. The van der Waals surface area contributed by atoms with Crippen LogP contribution in [-0.2, 0) is 10.8 Å². The van der Waals surface area contributed by atoms with E-state index in [2.05, 4.69) is 92.4 Å². The first-order chi connectivity index (χ1) is 17.9. The quantitative estimate of drug-likeness (QED) is 0.221. The van der Waals surface area contributed by atoms with Crippen molar-refractivity contribution in [1.82, 2.24) is 9.97 Å². The van der Waals surface area contributed by atoms with Gasteiger partial charge >= 0.3 is 5.97 Å². The highest BCUT2D eigenvalue weighted by Gasteiger charge is 2.40. The first-order valence-corrected chi connectivity index (χ1v) is 15.8. The molecule has 0 radical (unpaired) electrons. The maximum atomic E-state index is 11.3. The third-order valence-electron chi connectivity index (χ3n) is 7.36. The molecule has 0 spiro atoms. The van der Waals surface area contributed by atoms with Crippen molar-refractivity contribution in [3.63, 3.8) is 0 Å². The summed E-state index contributed by atoms with van der Waals surface area (Å²) < 4.78 is 13.0. The molecule has 2 aromatic heterocycles. The number of oxazole rings is 1. The number of carboxylic acids is 1. The smallest absolute Gasteiger partial charge is 0.354 e. The number of pyridine rings is 1. The molecule has 0 fully saturated rings. The van der Waals surface area contributed by atoms with Crippen molar-refractivity contribution in [3.8, 4) is 22.5 Å². The van der Waals surface area contributed by atoms with Crippen LogP contribution in [0.2, 0.25) is 18.1 Å². The lowest BCUT2D eigenvalue weighted by Gasteiger charge is -2.38. The fourth-order valence-corrected chi connectivity index (χ4v) is 5.34. The number of hydrogen-bond acceptors (Lipinski definition) is 5. The van der Waals surface area contributed by atoms with Crippen molar-refractivity contribution >= 4 is 14.3 Å². The number of hydrogen-bond donors (Lipinski definition) is 1. The van der Waals surface area contributed by atoms with Gasteiger partial charge in [0.15, 0.2) is 19.8 Å². The first-order valence-electron chi connectivity index (χ1n) is 12.9. The number of carbonyl (C=O) groups is 1. The van der Waals surface area contributed by atoms with Gasteiger partial charge in [0.2, 0.25) is 5.89 Å². The van der Waals surface area contributed by atoms with Gasteiger partial charge in [0.05, 0.1) is 6.20 Å². The largest absolute Gasteiger partial charge is 0.477 e. The average Bonchev–Trinajstić information content (AvgIpc) is 3.37. The Balaban J connectivity index is 1.56. The summed E-state index contributed by atoms with van der Waals surface area (Å²) in [6.07, 6.45) is 4.43. The molecule has 4 rings (SSSR count). The zero-order valence-electron chi connectivity index (χ0n) is 23.0. The predicted molar refractivity (Wildman–Crippen MR) is 153 cm³/mol. The highest BCUT2D eigenvalue weighted by Crippen LogP contribution is 2.41. The van der Waals surface area contributed by atoms with Gasteiger partial charge in [0.25, 0.3) is 0 Å². The Morgan fingerprint density at radius 1 is 0.974 bits per heavy atom. The van der Waals surface area contributed by atoms with Crippen LogP contribution < -0.4 is 0 Å². The zero-order valence-corrected chi connectivity index (χ0v) is 24.0. The molecule has 1 N–H and O–H groups in total. The summed E-state index contributed by atoms with van der Waals surface area (Å²) in [5, 5.41) is 9.33. The topological polar surface area (TPSA) is 85.5 Å². The SMILES string of the molecule is Cc1cc(-c2cnc(C(CCc3ccc(-c4ccccc4)cc3)O[Si](C)(C)C(C)(C)C)o2)cnc1C(=O)O. The molecule has 1 unspecified atom stereocenters. The van der Waals surface area contributed by atoms with Crippen molar-refractivity contribution < 1.29 is 18.7 Å². The van der Waals surface area contributed by atoms with E-state index in [0.29, 0.717) is 22.8 Å². The van der Waals surface area contributed by atoms with E-state index in [1.54, 1.807) is 19.2 Å². The molecule has 4 aromatic rings. The molecule has 2 aromatic carbocycles. The molecule has 0 bridgehead atoms. The van der Waals surface area contributed by atoms with Gasteiger partial charge in [-0.2, -0.15) is 0 Å². The maximum absolute atomic E-state index is 11.3. The molecule has 198 valence electrons. The van der Waals surface area contributed by atoms with E-state index in [4.69, 9.17) is 8.84 Å². The summed E-state index contributed by atoms with van der Waals surface area (Å²) in [5.74, 6) is 0.0289. The lowest BCUT2D eigenvalue weighted by Crippen LogP contribution is -2.42. The minimum atomic E-state index is -2.12. The second-order valence-electron chi connectivity index (χ2n) is 11.2. The van der Waals surface area contributed by atoms with E-state index in [1.807, 2.05) is 6.07 Å². The van der Waals surface area contributed by atoms with Crippen LogP contribution in [0.3, 0.4) is 0 Å². The van der Waals surface area contributed by atoms with Crippen LogP contribution >= 0.6 is 0 Å². The molecule has 6 nitrogen and oxygen atoms in total. The summed E-state index contributed by atoms with van der Waals surface area (Å²) in [6.45, 7) is 12.9. The third kappa shape index (κ3) is 6.29. The van der Waals surface area contributed by atoms with E-state index >= 15 is 0 Å². The van der Waals surface area contributed by atoms with Gasteiger partial charge in [-0.25, -0.2) is 14.8 Å². The first kappa shape index (κ1) is 27.5. The van der Waals surface area contributed by atoms with Crippen LogP contribution in [0.1, 0.15) is 60.8 Å². The van der Waals surface area contributed by atoms with Gasteiger partial charge in [-0.1, -0.05) is 75.4 Å². The minimum absolute atomic E-state index is 0.0332. The molecular weight excluding hydrogens is 492 g/mol. The number of carboxylic acid groups (broad SMARTS) is 1. The number of nitrogens with zero attached hydrogens (tertiary/aromatic N) is 2. The van der Waals surface area contributed by atoms with Gasteiger partial charge in [0, 0.05) is 11.8 Å². The van der Waals surface area contributed by atoms with Crippen LogP contribution in [0.15, 0.2) is 77.5 Å². The van der Waals surface area contributed by atoms with Crippen molar-refractivity contribution in [2.45, 2.75) is 64.8 Å². The van der Waals surface area contributed by atoms with E-state index < -0.39 is 14.3 Å². The van der Waals surface area contributed by atoms with Gasteiger partial charge in [-0.15, -0.1) is 0 Å². The van der Waals surface area contributed by atoms with E-state index in [1.165, 1.54) is 22.9 Å². The van der Waals surface area contributed by atoms with Gasteiger partial charge < -0.3 is 13.9 Å². The molecule has 1 atom stereocenters. The Kier molecular flexibility index (Phi) is 7.99. The summed E-state index contributed by atoms with van der Waals surface area (Å²) >= 11 is 0. The summed E-state index contributed by atoms with van der Waals surface area (Å²) in [7, 11) is -2.12. The van der Waals surface area contributed by atoms with Crippen LogP contribution in [0, 0.1) is 6.92 Å². The normalized spacial score (nSPS) is 12.9. The van der Waals surface area contributed by atoms with Crippen molar-refractivity contribution in [1.29, 1.82) is 0 Å². The number of rotatable bonds is 9. The van der Waals surface area contributed by atoms with Crippen LogP contribution in [0.5, 0.6) is 0 Å². The van der Waals surface area contributed by atoms with Crippen molar-refractivity contribution in [3.05, 3.63) is 95.8 Å². The Morgan fingerprint density at radius 3 is 2.24 bits per heavy atom.